The van der Waals surface area contributed by atoms with Gasteiger partial charge in [0.15, 0.2) is 9.84 Å². The van der Waals surface area contributed by atoms with Crippen LogP contribution in [0.1, 0.15) is 13.3 Å². The van der Waals surface area contributed by atoms with E-state index in [0.29, 0.717) is 6.54 Å². The molecular formula is C11H19NO6S. The van der Waals surface area contributed by atoms with Crippen molar-refractivity contribution >= 4 is 21.8 Å². The Balaban J connectivity index is 2.62. The molecule has 2 unspecified atom stereocenters. The van der Waals surface area contributed by atoms with Crippen LogP contribution in [0.3, 0.4) is 0 Å². The second-order valence-corrected chi connectivity index (χ2v) is 7.19. The number of hydrogen-bond donors (Lipinski definition) is 2. The van der Waals surface area contributed by atoms with Crippen LogP contribution in [-0.2, 0) is 19.4 Å². The normalized spacial score (nSPS) is 25.1. The van der Waals surface area contributed by atoms with Crippen LogP contribution in [0, 0.1) is 11.8 Å². The molecule has 1 fully saturated rings. The molecule has 1 heterocycles. The number of likely N-dealkylation sites (tertiary alicyclic amines) is 1. The summed E-state index contributed by atoms with van der Waals surface area (Å²) >= 11 is 0. The van der Waals surface area contributed by atoms with Crippen molar-refractivity contribution in [3.8, 4) is 0 Å². The zero-order valence-electron chi connectivity index (χ0n) is 10.8. The quantitative estimate of drug-likeness (QED) is 0.680. The average molecular weight is 293 g/mol. The van der Waals surface area contributed by atoms with Gasteiger partial charge in [-0.3, -0.25) is 9.59 Å². The summed E-state index contributed by atoms with van der Waals surface area (Å²) < 4.78 is 22.8. The number of carbonyl (C=O) groups is 2. The molecule has 0 aromatic carbocycles. The van der Waals surface area contributed by atoms with E-state index < -0.39 is 33.6 Å². The fraction of sp³-hybridized carbons (Fsp3) is 0.818. The van der Waals surface area contributed by atoms with Crippen LogP contribution in [0.2, 0.25) is 0 Å². The molecule has 1 rings (SSSR count). The molecule has 1 saturated heterocycles. The standard InChI is InChI=1S/C11H19NO6S/c1-2-19(17,18)6-5-12-4-3-8(10(13)14)9(7-12)11(15)16/h8-9H,2-7H2,1H3,(H,13,14)(H,15,16). The lowest BCUT2D eigenvalue weighted by atomic mass is 9.85. The summed E-state index contributed by atoms with van der Waals surface area (Å²) in [6.45, 7) is 2.32. The number of aliphatic carboxylic acids is 2. The van der Waals surface area contributed by atoms with E-state index in [1.165, 1.54) is 0 Å². The molecule has 2 N–H and O–H groups in total. The number of sulfone groups is 1. The summed E-state index contributed by atoms with van der Waals surface area (Å²) in [6.07, 6.45) is 0.235. The molecule has 110 valence electrons. The van der Waals surface area contributed by atoms with Gasteiger partial charge in [0.1, 0.15) is 0 Å². The first-order chi connectivity index (χ1) is 8.76. The minimum atomic E-state index is -3.09. The monoisotopic (exact) mass is 293 g/mol. The van der Waals surface area contributed by atoms with Crippen molar-refractivity contribution in [2.45, 2.75) is 13.3 Å². The van der Waals surface area contributed by atoms with Gasteiger partial charge < -0.3 is 15.1 Å². The molecule has 8 heteroatoms. The highest BCUT2D eigenvalue weighted by molar-refractivity contribution is 7.91. The van der Waals surface area contributed by atoms with Crippen LogP contribution in [0.5, 0.6) is 0 Å². The topological polar surface area (TPSA) is 112 Å². The Kier molecular flexibility index (Phi) is 5.30. The summed E-state index contributed by atoms with van der Waals surface area (Å²) in [7, 11) is -3.09. The van der Waals surface area contributed by atoms with E-state index in [4.69, 9.17) is 10.2 Å². The number of piperidine rings is 1. The maximum Gasteiger partial charge on any atom is 0.308 e. The molecule has 7 nitrogen and oxygen atoms in total. The van der Waals surface area contributed by atoms with Gasteiger partial charge in [-0.05, 0) is 13.0 Å². The van der Waals surface area contributed by atoms with Crippen LogP contribution in [-0.4, -0.2) is 66.6 Å². The molecule has 1 aliphatic heterocycles. The summed E-state index contributed by atoms with van der Waals surface area (Å²) in [5.74, 6) is -4.08. The van der Waals surface area contributed by atoms with Crippen molar-refractivity contribution in [2.75, 3.05) is 31.1 Å². The molecule has 0 aliphatic carbocycles. The van der Waals surface area contributed by atoms with Gasteiger partial charge in [0.2, 0.25) is 0 Å². The van der Waals surface area contributed by atoms with Crippen molar-refractivity contribution in [2.24, 2.45) is 11.8 Å². The molecule has 2 atom stereocenters. The lowest BCUT2D eigenvalue weighted by molar-refractivity contribution is -0.157. The van der Waals surface area contributed by atoms with E-state index in [1.54, 1.807) is 11.8 Å². The Bertz CT molecular complexity index is 446. The van der Waals surface area contributed by atoms with Crippen LogP contribution in [0.15, 0.2) is 0 Å². The Labute approximate surface area is 112 Å². The van der Waals surface area contributed by atoms with E-state index in [0.717, 1.165) is 0 Å². The van der Waals surface area contributed by atoms with Crippen LogP contribution in [0.4, 0.5) is 0 Å². The van der Waals surface area contributed by atoms with Crippen molar-refractivity contribution in [1.29, 1.82) is 0 Å². The molecular weight excluding hydrogens is 274 g/mol. The SMILES string of the molecule is CCS(=O)(=O)CCN1CCC(C(=O)O)C(C(=O)O)C1. The minimum absolute atomic E-state index is 0.0203. The molecule has 1 aliphatic rings. The fourth-order valence-corrected chi connectivity index (χ4v) is 3.01. The third-order valence-corrected chi connectivity index (χ3v) is 5.17. The van der Waals surface area contributed by atoms with Crippen molar-refractivity contribution in [3.63, 3.8) is 0 Å². The largest absolute Gasteiger partial charge is 0.481 e. The van der Waals surface area contributed by atoms with E-state index in [1.807, 2.05) is 0 Å². The lowest BCUT2D eigenvalue weighted by Crippen LogP contribution is -2.47. The van der Waals surface area contributed by atoms with Gasteiger partial charge in [-0.1, -0.05) is 6.92 Å². The lowest BCUT2D eigenvalue weighted by Gasteiger charge is -2.34. The summed E-state index contributed by atoms with van der Waals surface area (Å²) in [5, 5.41) is 18.0. The number of carboxylic acid groups (broad SMARTS) is 2. The summed E-state index contributed by atoms with van der Waals surface area (Å²) in [4.78, 5) is 23.7. The molecule has 19 heavy (non-hydrogen) atoms. The van der Waals surface area contributed by atoms with Gasteiger partial charge in [-0.25, -0.2) is 8.42 Å². The third kappa shape index (κ3) is 4.46. The molecule has 0 amide bonds. The molecule has 0 aromatic rings. The predicted octanol–water partition coefficient (Wildman–Crippen LogP) is -0.472. The second-order valence-electron chi connectivity index (χ2n) is 4.72. The smallest absolute Gasteiger partial charge is 0.308 e. The highest BCUT2D eigenvalue weighted by atomic mass is 32.2. The highest BCUT2D eigenvalue weighted by Crippen LogP contribution is 2.24. The molecule has 0 bridgehead atoms. The number of hydrogen-bond acceptors (Lipinski definition) is 5. The summed E-state index contributed by atoms with van der Waals surface area (Å²) in [5.41, 5.74) is 0. The molecule has 0 aromatic heterocycles. The number of rotatable bonds is 6. The van der Waals surface area contributed by atoms with Crippen LogP contribution >= 0.6 is 0 Å². The van der Waals surface area contributed by atoms with E-state index in [-0.39, 0.29) is 31.0 Å². The third-order valence-electron chi connectivity index (χ3n) is 3.49. The van der Waals surface area contributed by atoms with Crippen LogP contribution in [0.25, 0.3) is 0 Å². The summed E-state index contributed by atoms with van der Waals surface area (Å²) in [6, 6.07) is 0. The highest BCUT2D eigenvalue weighted by Gasteiger charge is 2.38. The predicted molar refractivity (Wildman–Crippen MR) is 67.6 cm³/mol. The zero-order chi connectivity index (χ0) is 14.6. The maximum absolute atomic E-state index is 11.4. The van der Waals surface area contributed by atoms with E-state index in [2.05, 4.69) is 0 Å². The number of nitrogens with zero attached hydrogens (tertiary/aromatic N) is 1. The Morgan fingerprint density at radius 1 is 1.21 bits per heavy atom. The van der Waals surface area contributed by atoms with Gasteiger partial charge in [0.25, 0.3) is 0 Å². The van der Waals surface area contributed by atoms with Gasteiger partial charge in [-0.2, -0.15) is 0 Å². The first kappa shape index (κ1) is 15.9. The second kappa shape index (κ2) is 6.33. The van der Waals surface area contributed by atoms with Crippen molar-refractivity contribution in [3.05, 3.63) is 0 Å². The maximum atomic E-state index is 11.4. The Morgan fingerprint density at radius 2 is 1.79 bits per heavy atom. The Hall–Kier alpha value is -1.15. The fourth-order valence-electron chi connectivity index (χ4n) is 2.18. The zero-order valence-corrected chi connectivity index (χ0v) is 11.6. The van der Waals surface area contributed by atoms with Gasteiger partial charge in [0.05, 0.1) is 17.6 Å². The van der Waals surface area contributed by atoms with E-state index >= 15 is 0 Å². The Morgan fingerprint density at radius 3 is 2.26 bits per heavy atom. The molecule has 0 saturated carbocycles. The first-order valence-corrected chi connectivity index (χ1v) is 7.97. The first-order valence-electron chi connectivity index (χ1n) is 6.15. The van der Waals surface area contributed by atoms with E-state index in [9.17, 15) is 18.0 Å². The van der Waals surface area contributed by atoms with Gasteiger partial charge in [-0.15, -0.1) is 0 Å². The molecule has 0 radical (unpaired) electrons. The average Bonchev–Trinajstić information content (AvgIpc) is 2.36. The van der Waals surface area contributed by atoms with Gasteiger partial charge in [0, 0.05) is 18.8 Å². The molecule has 0 spiro atoms. The van der Waals surface area contributed by atoms with Crippen molar-refractivity contribution < 1.29 is 28.2 Å². The number of carboxylic acids is 2. The van der Waals surface area contributed by atoms with Crippen molar-refractivity contribution in [1.82, 2.24) is 4.90 Å². The van der Waals surface area contributed by atoms with Crippen LogP contribution < -0.4 is 0 Å². The minimum Gasteiger partial charge on any atom is -0.481 e. The van der Waals surface area contributed by atoms with Gasteiger partial charge >= 0.3 is 11.9 Å².